The Labute approximate surface area is 194 Å². The minimum absolute atomic E-state index is 0.193. The van der Waals surface area contributed by atoms with E-state index in [1.807, 2.05) is 6.07 Å². The quantitative estimate of drug-likeness (QED) is 0.456. The molecule has 0 unspecified atom stereocenters. The van der Waals surface area contributed by atoms with Crippen molar-refractivity contribution in [1.82, 2.24) is 15.1 Å². The average molecular weight is 461 g/mol. The molecule has 2 N–H and O–H groups in total. The number of nitrogens with one attached hydrogen (secondary N) is 1. The third-order valence-electron chi connectivity index (χ3n) is 5.33. The van der Waals surface area contributed by atoms with Crippen LogP contribution in [0.25, 0.3) is 16.8 Å². The predicted octanol–water partition coefficient (Wildman–Crippen LogP) is 3.91. The van der Waals surface area contributed by atoms with Gasteiger partial charge in [-0.2, -0.15) is 5.10 Å². The van der Waals surface area contributed by atoms with Gasteiger partial charge in [-0.3, -0.25) is 9.59 Å². The zero-order chi connectivity index (χ0) is 24.2. The number of para-hydroxylation sites is 1. The molecular formula is C26H21F2N3O3. The van der Waals surface area contributed by atoms with Crippen molar-refractivity contribution in [3.63, 3.8) is 0 Å². The van der Waals surface area contributed by atoms with Crippen LogP contribution in [0.5, 0.6) is 0 Å². The van der Waals surface area contributed by atoms with Crippen LogP contribution in [0.2, 0.25) is 0 Å². The van der Waals surface area contributed by atoms with Gasteiger partial charge < -0.3 is 10.4 Å². The Bertz CT molecular complexity index is 1400. The second kappa shape index (κ2) is 9.76. The highest BCUT2D eigenvalue weighted by Gasteiger charge is 2.18. The zero-order valence-corrected chi connectivity index (χ0v) is 18.3. The summed E-state index contributed by atoms with van der Waals surface area (Å²) in [7, 11) is 0. The smallest absolute Gasteiger partial charge is 0.276 e. The first kappa shape index (κ1) is 23.0. The van der Waals surface area contributed by atoms with E-state index in [4.69, 9.17) is 0 Å². The van der Waals surface area contributed by atoms with Gasteiger partial charge in [0.25, 0.3) is 5.91 Å². The van der Waals surface area contributed by atoms with Crippen molar-refractivity contribution in [2.75, 3.05) is 0 Å². The number of carbonyl (C=O) groups excluding carboxylic acids is 1. The molecule has 0 spiro atoms. The molecule has 0 saturated heterocycles. The van der Waals surface area contributed by atoms with Crippen LogP contribution < -0.4 is 10.7 Å². The number of halogens is 2. The third-order valence-corrected chi connectivity index (χ3v) is 5.33. The highest BCUT2D eigenvalue weighted by atomic mass is 19.1. The third kappa shape index (κ3) is 4.77. The minimum Gasteiger partial charge on any atom is -0.392 e. The fraction of sp³-hybridized carbons (Fsp3) is 0.115. The number of rotatable bonds is 6. The summed E-state index contributed by atoms with van der Waals surface area (Å²) in [5, 5.41) is 15.8. The van der Waals surface area contributed by atoms with Crippen LogP contribution in [-0.2, 0) is 13.2 Å². The van der Waals surface area contributed by atoms with Gasteiger partial charge in [0.05, 0.1) is 12.3 Å². The van der Waals surface area contributed by atoms with Crippen molar-refractivity contribution < 1.29 is 18.7 Å². The summed E-state index contributed by atoms with van der Waals surface area (Å²) in [6.07, 6.45) is 0. The van der Waals surface area contributed by atoms with Crippen LogP contribution in [-0.4, -0.2) is 20.8 Å². The predicted molar refractivity (Wildman–Crippen MR) is 123 cm³/mol. The standard InChI is InChI=1S/C26H21F2N3O3/c1-16-10-24(33)25(30-31(16)20-8-3-2-4-9-20)26(34)29-14-21-22(27)12-19(13-23(21)28)18-7-5-6-17(11-18)15-32/h2-13,32H,14-15H2,1H3,(H,29,34). The molecule has 0 bridgehead atoms. The number of carbonyl (C=O) groups is 1. The Hall–Kier alpha value is -4.17. The lowest BCUT2D eigenvalue weighted by Crippen LogP contribution is -2.32. The fourth-order valence-electron chi connectivity index (χ4n) is 3.58. The number of aryl methyl sites for hydroxylation is 1. The molecule has 172 valence electrons. The van der Waals surface area contributed by atoms with Crippen molar-refractivity contribution in [1.29, 1.82) is 0 Å². The highest BCUT2D eigenvalue weighted by Crippen LogP contribution is 2.25. The molecule has 4 aromatic rings. The molecule has 1 aromatic heterocycles. The van der Waals surface area contributed by atoms with E-state index < -0.39 is 29.5 Å². The topological polar surface area (TPSA) is 84.2 Å². The number of aliphatic hydroxyl groups excluding tert-OH is 1. The van der Waals surface area contributed by atoms with Crippen LogP contribution in [0, 0.1) is 18.6 Å². The van der Waals surface area contributed by atoms with Crippen molar-refractivity contribution in [2.45, 2.75) is 20.1 Å². The van der Waals surface area contributed by atoms with E-state index in [2.05, 4.69) is 10.4 Å². The number of hydrogen-bond acceptors (Lipinski definition) is 4. The van der Waals surface area contributed by atoms with Gasteiger partial charge in [0.1, 0.15) is 11.6 Å². The lowest BCUT2D eigenvalue weighted by atomic mass is 10.0. The Morgan fingerprint density at radius 3 is 2.35 bits per heavy atom. The molecule has 0 saturated carbocycles. The average Bonchev–Trinajstić information content (AvgIpc) is 2.84. The van der Waals surface area contributed by atoms with Gasteiger partial charge >= 0.3 is 0 Å². The summed E-state index contributed by atoms with van der Waals surface area (Å²) in [5.74, 6) is -2.53. The van der Waals surface area contributed by atoms with Crippen LogP contribution in [0.3, 0.4) is 0 Å². The largest absolute Gasteiger partial charge is 0.392 e. The maximum atomic E-state index is 14.7. The fourth-order valence-corrected chi connectivity index (χ4v) is 3.58. The van der Waals surface area contributed by atoms with Gasteiger partial charge in [0, 0.05) is 23.9 Å². The lowest BCUT2D eigenvalue weighted by molar-refractivity contribution is 0.0942. The van der Waals surface area contributed by atoms with Gasteiger partial charge in [-0.25, -0.2) is 13.5 Å². The van der Waals surface area contributed by atoms with Crippen molar-refractivity contribution in [3.05, 3.63) is 117 Å². The van der Waals surface area contributed by atoms with Crippen LogP contribution in [0.4, 0.5) is 8.78 Å². The first-order valence-corrected chi connectivity index (χ1v) is 10.5. The van der Waals surface area contributed by atoms with Gasteiger partial charge in [-0.05, 0) is 53.9 Å². The summed E-state index contributed by atoms with van der Waals surface area (Å²) in [4.78, 5) is 25.0. The minimum atomic E-state index is -0.844. The van der Waals surface area contributed by atoms with Gasteiger partial charge in [0.2, 0.25) is 5.43 Å². The monoisotopic (exact) mass is 461 g/mol. The molecule has 1 heterocycles. The Morgan fingerprint density at radius 2 is 1.68 bits per heavy atom. The number of nitrogens with zero attached hydrogens (tertiary/aromatic N) is 2. The van der Waals surface area contributed by atoms with E-state index in [1.54, 1.807) is 55.5 Å². The van der Waals surface area contributed by atoms with Crippen LogP contribution in [0.1, 0.15) is 27.3 Å². The normalized spacial score (nSPS) is 10.8. The second-order valence-corrected chi connectivity index (χ2v) is 7.71. The lowest BCUT2D eigenvalue weighted by Gasteiger charge is -2.12. The van der Waals surface area contributed by atoms with Gasteiger partial charge in [-0.15, -0.1) is 0 Å². The number of aliphatic hydroxyl groups is 1. The molecule has 0 atom stereocenters. The first-order chi connectivity index (χ1) is 16.4. The molecular weight excluding hydrogens is 440 g/mol. The number of hydrogen-bond donors (Lipinski definition) is 2. The summed E-state index contributed by atoms with van der Waals surface area (Å²) in [5.41, 5.74) is 1.33. The van der Waals surface area contributed by atoms with E-state index in [1.165, 1.54) is 10.7 Å². The summed E-state index contributed by atoms with van der Waals surface area (Å²) in [6.45, 7) is 1.03. The summed E-state index contributed by atoms with van der Waals surface area (Å²) in [6, 6.07) is 19.3. The van der Waals surface area contributed by atoms with Crippen LogP contribution >= 0.6 is 0 Å². The van der Waals surface area contributed by atoms with Crippen molar-refractivity contribution in [3.8, 4) is 16.8 Å². The molecule has 0 aliphatic heterocycles. The molecule has 1 amide bonds. The molecule has 0 fully saturated rings. The van der Waals surface area contributed by atoms with Crippen molar-refractivity contribution >= 4 is 5.91 Å². The molecule has 4 rings (SSSR count). The maximum absolute atomic E-state index is 14.7. The number of benzene rings is 3. The van der Waals surface area contributed by atoms with E-state index in [0.717, 1.165) is 12.1 Å². The number of aromatic nitrogens is 2. The molecule has 0 aliphatic rings. The van der Waals surface area contributed by atoms with Gasteiger partial charge in [0.15, 0.2) is 5.69 Å². The summed E-state index contributed by atoms with van der Waals surface area (Å²) >= 11 is 0. The van der Waals surface area contributed by atoms with Gasteiger partial charge in [-0.1, -0.05) is 36.4 Å². The maximum Gasteiger partial charge on any atom is 0.276 e. The molecule has 0 radical (unpaired) electrons. The Morgan fingerprint density at radius 1 is 0.971 bits per heavy atom. The SMILES string of the molecule is Cc1cc(=O)c(C(=O)NCc2c(F)cc(-c3cccc(CO)c3)cc2F)nn1-c1ccccc1. The molecule has 34 heavy (non-hydrogen) atoms. The molecule has 3 aromatic carbocycles. The van der Waals surface area contributed by atoms with E-state index >= 15 is 0 Å². The number of amides is 1. The Kier molecular flexibility index (Phi) is 6.60. The first-order valence-electron chi connectivity index (χ1n) is 10.5. The second-order valence-electron chi connectivity index (χ2n) is 7.71. The highest BCUT2D eigenvalue weighted by molar-refractivity contribution is 5.92. The summed E-state index contributed by atoms with van der Waals surface area (Å²) < 4.78 is 30.9. The zero-order valence-electron chi connectivity index (χ0n) is 18.3. The molecule has 8 heteroatoms. The molecule has 6 nitrogen and oxygen atoms in total. The van der Waals surface area contributed by atoms with Crippen molar-refractivity contribution in [2.24, 2.45) is 0 Å². The van der Waals surface area contributed by atoms with E-state index in [0.29, 0.717) is 28.1 Å². The van der Waals surface area contributed by atoms with Crippen LogP contribution in [0.15, 0.2) is 77.6 Å². The van der Waals surface area contributed by atoms with E-state index in [9.17, 15) is 23.5 Å². The molecule has 0 aliphatic carbocycles. The Balaban J connectivity index is 1.57. The van der Waals surface area contributed by atoms with E-state index in [-0.39, 0.29) is 17.9 Å².